The van der Waals surface area contributed by atoms with Crippen molar-refractivity contribution in [3.63, 3.8) is 0 Å². The van der Waals surface area contributed by atoms with Crippen molar-refractivity contribution in [1.82, 2.24) is 15.1 Å². The van der Waals surface area contributed by atoms with Crippen molar-refractivity contribution in [2.45, 2.75) is 12.5 Å². The summed E-state index contributed by atoms with van der Waals surface area (Å²) >= 11 is 0. The SMILES string of the molecule is NCCN1CN=C(NCCC[Si](O)(O)O)N(CCN)C1. The molecule has 0 fully saturated rings. The van der Waals surface area contributed by atoms with E-state index in [9.17, 15) is 0 Å². The Morgan fingerprint density at radius 1 is 1.20 bits per heavy atom. The van der Waals surface area contributed by atoms with Gasteiger partial charge in [0.1, 0.15) is 0 Å². The number of nitrogens with one attached hydrogen (secondary N) is 1. The molecule has 0 atom stereocenters. The van der Waals surface area contributed by atoms with Gasteiger partial charge < -0.3 is 36.1 Å². The minimum atomic E-state index is -3.93. The average Bonchev–Trinajstić information content (AvgIpc) is 2.36. The van der Waals surface area contributed by atoms with Crippen molar-refractivity contribution in [2.24, 2.45) is 16.5 Å². The summed E-state index contributed by atoms with van der Waals surface area (Å²) in [5, 5.41) is 3.14. The van der Waals surface area contributed by atoms with E-state index in [0.717, 1.165) is 19.2 Å². The molecule has 0 unspecified atom stereocenters. The van der Waals surface area contributed by atoms with Crippen LogP contribution in [0.4, 0.5) is 0 Å². The van der Waals surface area contributed by atoms with E-state index in [1.807, 2.05) is 4.90 Å². The Morgan fingerprint density at radius 2 is 1.90 bits per heavy atom. The number of hydrogen-bond donors (Lipinski definition) is 6. The van der Waals surface area contributed by atoms with Crippen LogP contribution in [-0.2, 0) is 0 Å². The lowest BCUT2D eigenvalue weighted by molar-refractivity contribution is 0.174. The number of hydrogen-bond acceptors (Lipinski definition) is 9. The molecule has 0 aromatic heterocycles. The molecule has 0 amide bonds. The number of nitrogens with two attached hydrogens (primary N) is 2. The lowest BCUT2D eigenvalue weighted by atomic mass is 10.4. The molecule has 1 aliphatic rings. The van der Waals surface area contributed by atoms with Gasteiger partial charge in [-0.05, 0) is 6.42 Å². The minimum Gasteiger partial charge on any atom is -0.390 e. The predicted octanol–water partition coefficient (Wildman–Crippen LogP) is -3.31. The molecule has 0 aromatic rings. The third-order valence-electron chi connectivity index (χ3n) is 2.91. The van der Waals surface area contributed by atoms with E-state index in [2.05, 4.69) is 15.2 Å². The van der Waals surface area contributed by atoms with Crippen LogP contribution in [0.15, 0.2) is 4.99 Å². The van der Waals surface area contributed by atoms with Gasteiger partial charge in [-0.15, -0.1) is 0 Å². The van der Waals surface area contributed by atoms with Gasteiger partial charge in [-0.3, -0.25) is 4.90 Å². The second kappa shape index (κ2) is 8.52. The summed E-state index contributed by atoms with van der Waals surface area (Å²) in [7, 11) is -3.93. The van der Waals surface area contributed by atoms with Gasteiger partial charge in [-0.25, -0.2) is 4.99 Å². The van der Waals surface area contributed by atoms with Crippen LogP contribution in [0.5, 0.6) is 0 Å². The highest BCUT2D eigenvalue weighted by Gasteiger charge is 2.26. The van der Waals surface area contributed by atoms with Gasteiger partial charge in [0.25, 0.3) is 0 Å². The van der Waals surface area contributed by atoms with E-state index in [-0.39, 0.29) is 6.04 Å². The molecule has 0 saturated carbocycles. The molecule has 20 heavy (non-hydrogen) atoms. The fourth-order valence-electron chi connectivity index (χ4n) is 1.97. The first-order valence-corrected chi connectivity index (χ1v) is 8.84. The molecule has 0 bridgehead atoms. The van der Waals surface area contributed by atoms with Crippen LogP contribution < -0.4 is 16.8 Å². The van der Waals surface area contributed by atoms with E-state index in [1.54, 1.807) is 0 Å². The molecular formula is C10H26N6O3Si. The van der Waals surface area contributed by atoms with Crippen molar-refractivity contribution in [2.75, 3.05) is 46.1 Å². The minimum absolute atomic E-state index is 0.0173. The fourth-order valence-corrected chi connectivity index (χ4v) is 2.62. The van der Waals surface area contributed by atoms with Crippen molar-refractivity contribution >= 4 is 14.8 Å². The van der Waals surface area contributed by atoms with E-state index < -0.39 is 8.80 Å². The summed E-state index contributed by atoms with van der Waals surface area (Å²) in [6.45, 7) is 4.41. The molecule has 1 heterocycles. The molecule has 1 rings (SSSR count). The van der Waals surface area contributed by atoms with Gasteiger partial charge in [-0.1, -0.05) is 0 Å². The van der Waals surface area contributed by atoms with Gasteiger partial charge in [0.15, 0.2) is 5.96 Å². The van der Waals surface area contributed by atoms with E-state index in [4.69, 9.17) is 25.9 Å². The third-order valence-corrected chi connectivity index (χ3v) is 3.93. The first kappa shape index (κ1) is 17.3. The van der Waals surface area contributed by atoms with Gasteiger partial charge in [-0.2, -0.15) is 0 Å². The Hall–Kier alpha value is -0.753. The van der Waals surface area contributed by atoms with Crippen LogP contribution in [0.3, 0.4) is 0 Å². The molecule has 0 radical (unpaired) electrons. The zero-order chi connectivity index (χ0) is 15.0. The Morgan fingerprint density at radius 3 is 2.50 bits per heavy atom. The lowest BCUT2D eigenvalue weighted by Crippen LogP contribution is -2.53. The molecule has 10 heteroatoms. The molecule has 0 aromatic carbocycles. The first-order chi connectivity index (χ1) is 9.46. The van der Waals surface area contributed by atoms with E-state index >= 15 is 0 Å². The Bertz CT molecular complexity index is 312. The topological polar surface area (TPSA) is 144 Å². The van der Waals surface area contributed by atoms with E-state index in [1.165, 1.54) is 0 Å². The molecule has 1 aliphatic heterocycles. The lowest BCUT2D eigenvalue weighted by Gasteiger charge is -2.36. The van der Waals surface area contributed by atoms with Crippen molar-refractivity contribution in [1.29, 1.82) is 0 Å². The van der Waals surface area contributed by atoms with Crippen LogP contribution in [0.25, 0.3) is 0 Å². The van der Waals surface area contributed by atoms with Crippen molar-refractivity contribution in [3.8, 4) is 0 Å². The summed E-state index contributed by atoms with van der Waals surface area (Å²) in [5.41, 5.74) is 11.1. The van der Waals surface area contributed by atoms with Crippen LogP contribution >= 0.6 is 0 Å². The normalized spacial score (nSPS) is 17.2. The summed E-state index contributed by atoms with van der Waals surface area (Å²) in [6.07, 6.45) is 0.470. The van der Waals surface area contributed by atoms with Crippen LogP contribution in [-0.4, -0.2) is 85.0 Å². The maximum Gasteiger partial charge on any atom is 0.492 e. The second-order valence-corrected chi connectivity index (χ2v) is 6.85. The number of guanidine groups is 1. The Balaban J connectivity index is 2.41. The van der Waals surface area contributed by atoms with Crippen LogP contribution in [0, 0.1) is 0 Å². The van der Waals surface area contributed by atoms with Crippen molar-refractivity contribution < 1.29 is 14.4 Å². The first-order valence-electron chi connectivity index (χ1n) is 6.79. The van der Waals surface area contributed by atoms with Crippen LogP contribution in [0.1, 0.15) is 6.42 Å². The molecule has 9 nitrogen and oxygen atoms in total. The maximum absolute atomic E-state index is 8.93. The van der Waals surface area contributed by atoms with Gasteiger partial charge in [0.2, 0.25) is 0 Å². The monoisotopic (exact) mass is 306 g/mol. The van der Waals surface area contributed by atoms with E-state index in [0.29, 0.717) is 39.3 Å². The smallest absolute Gasteiger partial charge is 0.390 e. The highest BCUT2D eigenvalue weighted by molar-refractivity contribution is 6.56. The molecule has 0 saturated heterocycles. The number of rotatable bonds is 8. The summed E-state index contributed by atoms with van der Waals surface area (Å²) in [4.78, 5) is 35.4. The van der Waals surface area contributed by atoms with Gasteiger partial charge in [0.05, 0.1) is 13.3 Å². The van der Waals surface area contributed by atoms with Crippen LogP contribution in [0.2, 0.25) is 6.04 Å². The predicted molar refractivity (Wildman–Crippen MR) is 78.5 cm³/mol. The Labute approximate surface area is 120 Å². The average molecular weight is 306 g/mol. The third kappa shape index (κ3) is 6.61. The zero-order valence-electron chi connectivity index (χ0n) is 11.7. The second-order valence-electron chi connectivity index (χ2n) is 4.80. The number of nitrogens with zero attached hydrogens (tertiary/aromatic N) is 3. The Kier molecular flexibility index (Phi) is 7.37. The molecule has 0 aliphatic carbocycles. The fraction of sp³-hybridized carbons (Fsp3) is 0.900. The molecular weight excluding hydrogens is 280 g/mol. The zero-order valence-corrected chi connectivity index (χ0v) is 12.7. The summed E-state index contributed by atoms with van der Waals surface area (Å²) in [6, 6.07) is 0.0173. The molecule has 118 valence electrons. The quantitative estimate of drug-likeness (QED) is 0.202. The summed E-state index contributed by atoms with van der Waals surface area (Å²) < 4.78 is 0. The summed E-state index contributed by atoms with van der Waals surface area (Å²) in [5.74, 6) is 0.754. The van der Waals surface area contributed by atoms with Gasteiger partial charge in [0, 0.05) is 38.8 Å². The largest absolute Gasteiger partial charge is 0.492 e. The standard InChI is InChI=1S/C10H26N6O3Si/c11-2-5-15-8-14-10(16(9-15)6-3-12)13-4-1-7-20(17,18)19/h17-19H,1-9,11-12H2,(H,13,14). The molecule has 0 spiro atoms. The maximum atomic E-state index is 8.93. The highest BCUT2D eigenvalue weighted by Crippen LogP contribution is 2.04. The van der Waals surface area contributed by atoms with Gasteiger partial charge >= 0.3 is 8.80 Å². The van der Waals surface area contributed by atoms with Crippen molar-refractivity contribution in [3.05, 3.63) is 0 Å². The highest BCUT2D eigenvalue weighted by atomic mass is 28.4. The number of aliphatic imine (C=N–C) groups is 1. The molecule has 8 N–H and O–H groups in total.